The molecule has 0 aromatic carbocycles. The lowest BCUT2D eigenvalue weighted by molar-refractivity contribution is -0.156. The third-order valence-electron chi connectivity index (χ3n) is 1.97. The fourth-order valence-electron chi connectivity index (χ4n) is 1.19. The molecule has 1 heterocycles. The Bertz CT molecular complexity index is 222. The van der Waals surface area contributed by atoms with E-state index in [1.807, 2.05) is 27.7 Å². The van der Waals surface area contributed by atoms with Crippen molar-refractivity contribution in [2.45, 2.75) is 45.5 Å². The van der Waals surface area contributed by atoms with Gasteiger partial charge in [-0.1, -0.05) is 6.92 Å². The molecular formula is C10H17ClO3. The van der Waals surface area contributed by atoms with Gasteiger partial charge in [-0.25, -0.2) is 4.79 Å². The fraction of sp³-hybridized carbons (Fsp3) is 0.900. The lowest BCUT2D eigenvalue weighted by Crippen LogP contribution is -2.28. The molecule has 1 aliphatic heterocycles. The third-order valence-corrected chi connectivity index (χ3v) is 2.46. The quantitative estimate of drug-likeness (QED) is 0.415. The molecule has 0 radical (unpaired) electrons. The van der Waals surface area contributed by atoms with Crippen LogP contribution < -0.4 is 0 Å². The Morgan fingerprint density at radius 3 is 2.57 bits per heavy atom. The van der Waals surface area contributed by atoms with Crippen molar-refractivity contribution in [2.24, 2.45) is 5.92 Å². The Kier molecular flexibility index (Phi) is 3.43. The molecule has 3 nitrogen and oxygen atoms in total. The van der Waals surface area contributed by atoms with Crippen molar-refractivity contribution < 1.29 is 14.3 Å². The molecular weight excluding hydrogens is 204 g/mol. The van der Waals surface area contributed by atoms with Gasteiger partial charge in [-0.15, -0.1) is 11.6 Å². The summed E-state index contributed by atoms with van der Waals surface area (Å²) in [5, 5.41) is 0. The summed E-state index contributed by atoms with van der Waals surface area (Å²) in [5.74, 6) is 0.429. The average molecular weight is 221 g/mol. The Morgan fingerprint density at radius 1 is 1.57 bits per heavy atom. The van der Waals surface area contributed by atoms with Crippen LogP contribution in [0.2, 0.25) is 0 Å². The smallest absolute Gasteiger partial charge is 0.338 e. The summed E-state index contributed by atoms with van der Waals surface area (Å²) >= 11 is 5.66. The molecule has 0 aromatic rings. The fourth-order valence-corrected chi connectivity index (χ4v) is 1.37. The normalized spacial score (nSPS) is 28.4. The van der Waals surface area contributed by atoms with Crippen LogP contribution >= 0.6 is 11.6 Å². The molecule has 0 amide bonds. The molecule has 1 fully saturated rings. The van der Waals surface area contributed by atoms with Gasteiger partial charge in [0.1, 0.15) is 5.60 Å². The minimum absolute atomic E-state index is 0.0534. The Labute approximate surface area is 89.7 Å². The third kappa shape index (κ3) is 3.14. The highest BCUT2D eigenvalue weighted by Gasteiger charge is 2.49. The second-order valence-electron chi connectivity index (χ2n) is 4.69. The number of halogens is 1. The van der Waals surface area contributed by atoms with Crippen molar-refractivity contribution in [3.8, 4) is 0 Å². The Balaban J connectivity index is 2.36. The largest absolute Gasteiger partial charge is 0.458 e. The predicted molar refractivity (Wildman–Crippen MR) is 54.4 cm³/mol. The van der Waals surface area contributed by atoms with E-state index in [2.05, 4.69) is 0 Å². The van der Waals surface area contributed by atoms with E-state index >= 15 is 0 Å². The van der Waals surface area contributed by atoms with Crippen molar-refractivity contribution in [1.82, 2.24) is 0 Å². The van der Waals surface area contributed by atoms with Crippen LogP contribution in [0.1, 0.15) is 27.7 Å². The Hall–Kier alpha value is -0.280. The molecule has 1 saturated heterocycles. The molecule has 1 rings (SSSR count). The molecule has 0 aliphatic carbocycles. The number of esters is 1. The second kappa shape index (κ2) is 4.07. The van der Waals surface area contributed by atoms with Crippen LogP contribution in [0.15, 0.2) is 0 Å². The first-order valence-electron chi connectivity index (χ1n) is 4.79. The van der Waals surface area contributed by atoms with E-state index in [-0.39, 0.29) is 18.0 Å². The van der Waals surface area contributed by atoms with Gasteiger partial charge in [0.15, 0.2) is 6.10 Å². The lowest BCUT2D eigenvalue weighted by atomic mass is 10.1. The predicted octanol–water partition coefficient (Wildman–Crippen LogP) is 1.97. The summed E-state index contributed by atoms with van der Waals surface area (Å²) in [7, 11) is 0. The zero-order chi connectivity index (χ0) is 10.9. The summed E-state index contributed by atoms with van der Waals surface area (Å²) in [6, 6.07) is 0. The summed E-state index contributed by atoms with van der Waals surface area (Å²) in [6.45, 7) is 7.48. The molecule has 0 bridgehead atoms. The number of epoxide rings is 1. The SMILES string of the molecule is CC(CCl)C1OC1C(=O)OC(C)(C)C. The van der Waals surface area contributed by atoms with Crippen LogP contribution in [0.3, 0.4) is 0 Å². The zero-order valence-corrected chi connectivity index (χ0v) is 9.80. The highest BCUT2D eigenvalue weighted by Crippen LogP contribution is 2.32. The van der Waals surface area contributed by atoms with Crippen molar-refractivity contribution in [1.29, 1.82) is 0 Å². The van der Waals surface area contributed by atoms with Gasteiger partial charge in [-0.3, -0.25) is 0 Å². The molecule has 4 heteroatoms. The minimum atomic E-state index is -0.447. The van der Waals surface area contributed by atoms with Crippen LogP contribution in [0.25, 0.3) is 0 Å². The molecule has 1 aliphatic rings. The van der Waals surface area contributed by atoms with Gasteiger partial charge in [0.2, 0.25) is 0 Å². The van der Waals surface area contributed by atoms with Crippen LogP contribution in [0, 0.1) is 5.92 Å². The maximum absolute atomic E-state index is 11.5. The number of rotatable bonds is 3. The van der Waals surface area contributed by atoms with Crippen molar-refractivity contribution in [3.63, 3.8) is 0 Å². The number of alkyl halides is 1. The lowest BCUT2D eigenvalue weighted by Gasteiger charge is -2.18. The number of ether oxygens (including phenoxy) is 2. The van der Waals surface area contributed by atoms with Crippen molar-refractivity contribution >= 4 is 17.6 Å². The van der Waals surface area contributed by atoms with E-state index in [0.29, 0.717) is 5.88 Å². The van der Waals surface area contributed by atoms with E-state index in [1.165, 1.54) is 0 Å². The van der Waals surface area contributed by atoms with Crippen LogP contribution in [0.4, 0.5) is 0 Å². The van der Waals surface area contributed by atoms with Gasteiger partial charge in [0.05, 0.1) is 6.10 Å². The zero-order valence-electron chi connectivity index (χ0n) is 9.04. The average Bonchev–Trinajstić information content (AvgIpc) is 2.78. The molecule has 82 valence electrons. The van der Waals surface area contributed by atoms with Gasteiger partial charge < -0.3 is 9.47 Å². The van der Waals surface area contributed by atoms with E-state index in [1.54, 1.807) is 0 Å². The van der Waals surface area contributed by atoms with Gasteiger partial charge in [0.25, 0.3) is 0 Å². The maximum atomic E-state index is 11.5. The van der Waals surface area contributed by atoms with E-state index in [4.69, 9.17) is 21.1 Å². The van der Waals surface area contributed by atoms with E-state index in [9.17, 15) is 4.79 Å². The van der Waals surface area contributed by atoms with Crippen LogP contribution in [0.5, 0.6) is 0 Å². The molecule has 0 N–H and O–H groups in total. The first-order chi connectivity index (χ1) is 6.35. The summed E-state index contributed by atoms with van der Waals surface area (Å²) in [6.07, 6.45) is -0.453. The molecule has 3 unspecified atom stereocenters. The molecule has 0 saturated carbocycles. The van der Waals surface area contributed by atoms with Crippen molar-refractivity contribution in [2.75, 3.05) is 5.88 Å². The van der Waals surface area contributed by atoms with Crippen molar-refractivity contribution in [3.05, 3.63) is 0 Å². The van der Waals surface area contributed by atoms with Crippen LogP contribution in [-0.2, 0) is 14.3 Å². The van der Waals surface area contributed by atoms with E-state index < -0.39 is 11.7 Å². The second-order valence-corrected chi connectivity index (χ2v) is 4.99. The maximum Gasteiger partial charge on any atom is 0.338 e. The molecule has 0 aromatic heterocycles. The minimum Gasteiger partial charge on any atom is -0.458 e. The van der Waals surface area contributed by atoms with Crippen LogP contribution in [-0.4, -0.2) is 29.7 Å². The monoisotopic (exact) mass is 220 g/mol. The van der Waals surface area contributed by atoms with Gasteiger partial charge in [0, 0.05) is 5.88 Å². The number of carbonyl (C=O) groups excluding carboxylic acids is 1. The topological polar surface area (TPSA) is 38.8 Å². The summed E-state index contributed by atoms with van der Waals surface area (Å²) in [4.78, 5) is 11.5. The van der Waals surface area contributed by atoms with Gasteiger partial charge in [-0.05, 0) is 26.7 Å². The summed E-state index contributed by atoms with van der Waals surface area (Å²) < 4.78 is 10.4. The first-order valence-corrected chi connectivity index (χ1v) is 5.33. The van der Waals surface area contributed by atoms with Gasteiger partial charge in [-0.2, -0.15) is 0 Å². The highest BCUT2D eigenvalue weighted by molar-refractivity contribution is 6.18. The number of hydrogen-bond acceptors (Lipinski definition) is 3. The first kappa shape index (κ1) is 11.8. The Morgan fingerprint density at radius 2 is 2.14 bits per heavy atom. The van der Waals surface area contributed by atoms with E-state index in [0.717, 1.165) is 0 Å². The van der Waals surface area contributed by atoms with Gasteiger partial charge >= 0.3 is 5.97 Å². The highest BCUT2D eigenvalue weighted by atomic mass is 35.5. The molecule has 3 atom stereocenters. The number of carbonyl (C=O) groups is 1. The molecule has 0 spiro atoms. The molecule has 14 heavy (non-hydrogen) atoms. The number of hydrogen-bond donors (Lipinski definition) is 0. The standard InChI is InChI=1S/C10H17ClO3/c1-6(5-11)7-8(13-7)9(12)14-10(2,3)4/h6-8H,5H2,1-4H3. The summed E-state index contributed by atoms with van der Waals surface area (Å²) in [5.41, 5.74) is -0.447.